The van der Waals surface area contributed by atoms with Crippen molar-refractivity contribution < 1.29 is 9.90 Å². The number of benzene rings is 1. The first-order chi connectivity index (χ1) is 11.0. The van der Waals surface area contributed by atoms with Gasteiger partial charge in [0.15, 0.2) is 4.96 Å². The molecule has 0 unspecified atom stereocenters. The van der Waals surface area contributed by atoms with E-state index in [9.17, 15) is 9.90 Å². The Morgan fingerprint density at radius 2 is 2.09 bits per heavy atom. The molecule has 1 aliphatic rings. The fourth-order valence-corrected chi connectivity index (χ4v) is 4.15. The molecule has 4 nitrogen and oxygen atoms in total. The quantitative estimate of drug-likeness (QED) is 0.762. The largest absolute Gasteiger partial charge is 0.477 e. The number of aromatic nitrogens is 2. The van der Waals surface area contributed by atoms with Gasteiger partial charge in [-0.25, -0.2) is 9.78 Å². The highest BCUT2D eigenvalue weighted by atomic mass is 32.1. The van der Waals surface area contributed by atoms with E-state index in [1.54, 1.807) is 0 Å². The van der Waals surface area contributed by atoms with E-state index >= 15 is 0 Å². The van der Waals surface area contributed by atoms with E-state index in [2.05, 4.69) is 37.0 Å². The molecule has 1 aromatic carbocycles. The summed E-state index contributed by atoms with van der Waals surface area (Å²) in [4.78, 5) is 17.4. The first-order valence-corrected chi connectivity index (χ1v) is 8.69. The Hall–Kier alpha value is -2.14. The van der Waals surface area contributed by atoms with Gasteiger partial charge in [0.05, 0.1) is 11.4 Å². The van der Waals surface area contributed by atoms with Gasteiger partial charge in [-0.1, -0.05) is 29.9 Å². The van der Waals surface area contributed by atoms with Crippen LogP contribution in [0, 0.1) is 13.8 Å². The zero-order chi connectivity index (χ0) is 16.1. The highest BCUT2D eigenvalue weighted by molar-refractivity contribution is 7.19. The molecule has 1 aliphatic carbocycles. The van der Waals surface area contributed by atoms with Crippen LogP contribution in [0.1, 0.15) is 51.7 Å². The van der Waals surface area contributed by atoms with Gasteiger partial charge in [-0.15, -0.1) is 0 Å². The van der Waals surface area contributed by atoms with Gasteiger partial charge in [0.25, 0.3) is 0 Å². The molecule has 1 saturated carbocycles. The number of fused-ring (bicyclic) bond motifs is 1. The van der Waals surface area contributed by atoms with Gasteiger partial charge in [-0.3, -0.25) is 4.40 Å². The summed E-state index contributed by atoms with van der Waals surface area (Å²) in [6.45, 7) is 4.19. The Morgan fingerprint density at radius 1 is 1.30 bits per heavy atom. The van der Waals surface area contributed by atoms with Crippen LogP contribution in [0.25, 0.3) is 16.2 Å². The van der Waals surface area contributed by atoms with E-state index in [0.717, 1.165) is 34.8 Å². The third kappa shape index (κ3) is 2.27. The maximum atomic E-state index is 11.5. The van der Waals surface area contributed by atoms with E-state index in [1.165, 1.54) is 28.9 Å². The third-order valence-corrected chi connectivity index (χ3v) is 5.91. The second-order valence-electron chi connectivity index (χ2n) is 6.33. The molecule has 0 saturated heterocycles. The van der Waals surface area contributed by atoms with Crippen molar-refractivity contribution in [2.45, 2.75) is 39.0 Å². The molecule has 1 N–H and O–H groups in total. The number of nitrogens with zero attached hydrogens (tertiary/aromatic N) is 2. The van der Waals surface area contributed by atoms with Crippen LogP contribution < -0.4 is 0 Å². The molecular formula is C18H18N2O2S. The van der Waals surface area contributed by atoms with Crippen LogP contribution >= 0.6 is 11.3 Å². The number of thiazole rings is 1. The molecule has 0 bridgehead atoms. The minimum Gasteiger partial charge on any atom is -0.477 e. The Kier molecular flexibility index (Phi) is 3.27. The molecule has 1 fully saturated rings. The van der Waals surface area contributed by atoms with Gasteiger partial charge < -0.3 is 5.11 Å². The van der Waals surface area contributed by atoms with Gasteiger partial charge in [0.1, 0.15) is 4.88 Å². The Bertz CT molecular complexity index is 919. The second-order valence-corrected chi connectivity index (χ2v) is 7.30. The molecule has 0 atom stereocenters. The molecule has 2 heterocycles. The molecular weight excluding hydrogens is 308 g/mol. The smallest absolute Gasteiger partial charge is 0.347 e. The average Bonchev–Trinajstić information content (AvgIpc) is 2.99. The predicted octanol–water partition coefficient (Wildman–Crippen LogP) is 4.65. The van der Waals surface area contributed by atoms with Gasteiger partial charge >= 0.3 is 5.97 Å². The summed E-state index contributed by atoms with van der Waals surface area (Å²) in [7, 11) is 0. The van der Waals surface area contributed by atoms with Crippen LogP contribution in [0.15, 0.2) is 24.4 Å². The zero-order valence-electron chi connectivity index (χ0n) is 13.2. The van der Waals surface area contributed by atoms with Crippen molar-refractivity contribution >= 4 is 22.3 Å². The number of hydrogen-bond donors (Lipinski definition) is 1. The molecule has 118 valence electrons. The SMILES string of the molecule is Cc1ccc(-c2cn3c(C4CCC4)c(C(=O)O)sc3n2)cc1C. The summed E-state index contributed by atoms with van der Waals surface area (Å²) in [5, 5.41) is 9.48. The maximum Gasteiger partial charge on any atom is 0.347 e. The fraction of sp³-hybridized carbons (Fsp3) is 0.333. The number of rotatable bonds is 3. The average molecular weight is 326 g/mol. The highest BCUT2D eigenvalue weighted by Gasteiger charge is 2.30. The number of imidazole rings is 1. The summed E-state index contributed by atoms with van der Waals surface area (Å²) < 4.78 is 2.00. The van der Waals surface area contributed by atoms with E-state index < -0.39 is 5.97 Å². The Labute approximate surface area is 138 Å². The number of carbonyl (C=O) groups is 1. The van der Waals surface area contributed by atoms with Crippen molar-refractivity contribution in [1.29, 1.82) is 0 Å². The lowest BCUT2D eigenvalue weighted by atomic mass is 9.82. The topological polar surface area (TPSA) is 54.6 Å². The lowest BCUT2D eigenvalue weighted by molar-refractivity contribution is 0.0699. The monoisotopic (exact) mass is 326 g/mol. The van der Waals surface area contributed by atoms with Gasteiger partial charge in [-0.05, 0) is 43.9 Å². The van der Waals surface area contributed by atoms with Crippen molar-refractivity contribution in [3.05, 3.63) is 46.1 Å². The van der Waals surface area contributed by atoms with E-state index in [1.807, 2.05) is 10.6 Å². The minimum atomic E-state index is -0.838. The molecule has 0 amide bonds. The van der Waals surface area contributed by atoms with Gasteiger partial charge in [0, 0.05) is 17.7 Å². The first-order valence-electron chi connectivity index (χ1n) is 7.87. The molecule has 5 heteroatoms. The minimum absolute atomic E-state index is 0.358. The molecule has 2 aromatic heterocycles. The van der Waals surface area contributed by atoms with E-state index in [0.29, 0.717) is 10.8 Å². The van der Waals surface area contributed by atoms with Crippen LogP contribution in [0.4, 0.5) is 0 Å². The molecule has 0 radical (unpaired) electrons. The summed E-state index contributed by atoms with van der Waals surface area (Å²) in [5.74, 6) is -0.480. The van der Waals surface area contributed by atoms with Crippen molar-refractivity contribution in [1.82, 2.24) is 9.38 Å². The van der Waals surface area contributed by atoms with E-state index in [4.69, 9.17) is 0 Å². The predicted molar refractivity (Wildman–Crippen MR) is 91.5 cm³/mol. The highest BCUT2D eigenvalue weighted by Crippen LogP contribution is 2.41. The Balaban J connectivity index is 1.86. The molecule has 0 spiro atoms. The van der Waals surface area contributed by atoms with Crippen molar-refractivity contribution in [2.24, 2.45) is 0 Å². The lowest BCUT2D eigenvalue weighted by Crippen LogP contribution is -2.14. The standard InChI is InChI=1S/C18H18N2O2S/c1-10-6-7-13(8-11(10)2)14-9-20-15(12-4-3-5-12)16(17(21)22)23-18(20)19-14/h6-9,12H,3-5H2,1-2H3,(H,21,22). The van der Waals surface area contributed by atoms with Crippen molar-refractivity contribution in [3.63, 3.8) is 0 Å². The summed E-state index contributed by atoms with van der Waals surface area (Å²) >= 11 is 1.28. The van der Waals surface area contributed by atoms with Crippen LogP contribution in [0.2, 0.25) is 0 Å². The normalized spacial score (nSPS) is 15.0. The summed E-state index contributed by atoms with van der Waals surface area (Å²) in [6.07, 6.45) is 5.32. The molecule has 4 rings (SSSR count). The molecule has 3 aromatic rings. The van der Waals surface area contributed by atoms with Crippen LogP contribution in [-0.2, 0) is 0 Å². The molecule has 23 heavy (non-hydrogen) atoms. The summed E-state index contributed by atoms with van der Waals surface area (Å²) in [5.41, 5.74) is 5.44. The number of hydrogen-bond acceptors (Lipinski definition) is 3. The van der Waals surface area contributed by atoms with Crippen LogP contribution in [0.5, 0.6) is 0 Å². The van der Waals surface area contributed by atoms with Crippen LogP contribution in [0.3, 0.4) is 0 Å². The number of carboxylic acids is 1. The first kappa shape index (κ1) is 14.5. The van der Waals surface area contributed by atoms with Gasteiger partial charge in [-0.2, -0.15) is 0 Å². The lowest BCUT2D eigenvalue weighted by Gasteiger charge is -2.25. The summed E-state index contributed by atoms with van der Waals surface area (Å²) in [6, 6.07) is 6.33. The Morgan fingerprint density at radius 3 is 2.70 bits per heavy atom. The zero-order valence-corrected chi connectivity index (χ0v) is 14.0. The second kappa shape index (κ2) is 5.20. The molecule has 0 aliphatic heterocycles. The maximum absolute atomic E-state index is 11.5. The van der Waals surface area contributed by atoms with Crippen LogP contribution in [-0.4, -0.2) is 20.5 Å². The van der Waals surface area contributed by atoms with Crippen molar-refractivity contribution in [3.8, 4) is 11.3 Å². The van der Waals surface area contributed by atoms with Gasteiger partial charge in [0.2, 0.25) is 0 Å². The van der Waals surface area contributed by atoms with E-state index in [-0.39, 0.29) is 0 Å². The number of aromatic carboxylic acids is 1. The number of carboxylic acid groups (broad SMARTS) is 1. The van der Waals surface area contributed by atoms with Crippen molar-refractivity contribution in [2.75, 3.05) is 0 Å². The fourth-order valence-electron chi connectivity index (χ4n) is 3.12. The number of aryl methyl sites for hydroxylation is 2. The third-order valence-electron chi connectivity index (χ3n) is 4.85.